The molecule has 0 saturated heterocycles. The van der Waals surface area contributed by atoms with Gasteiger partial charge in [0.2, 0.25) is 5.91 Å². The summed E-state index contributed by atoms with van der Waals surface area (Å²) in [7, 11) is 0. The van der Waals surface area contributed by atoms with Gasteiger partial charge in [-0.2, -0.15) is 0 Å². The molecule has 6 nitrogen and oxygen atoms in total. The number of hydrogen-bond acceptors (Lipinski definition) is 3. The Hall–Kier alpha value is -3.41. The fourth-order valence-corrected chi connectivity index (χ4v) is 3.00. The lowest BCUT2D eigenvalue weighted by Crippen LogP contribution is -2.41. The van der Waals surface area contributed by atoms with Crippen LogP contribution in [0, 0.1) is 20.8 Å². The van der Waals surface area contributed by atoms with Gasteiger partial charge in [0.15, 0.2) is 0 Å². The van der Waals surface area contributed by atoms with Gasteiger partial charge in [0.25, 0.3) is 5.56 Å². The molecule has 0 radical (unpaired) electrons. The summed E-state index contributed by atoms with van der Waals surface area (Å²) in [5, 5.41) is 2.77. The van der Waals surface area contributed by atoms with E-state index in [-0.39, 0.29) is 6.54 Å². The van der Waals surface area contributed by atoms with E-state index in [9.17, 15) is 14.4 Å². The SMILES string of the molecule is Cc1ccc(Cn2ccc(=O)n(CC(=O)Nc3ccc(C)cc3C)c2=O)cc1. The number of nitrogens with one attached hydrogen (secondary N) is 1. The molecule has 3 aromatic rings. The van der Waals surface area contributed by atoms with E-state index in [2.05, 4.69) is 5.32 Å². The van der Waals surface area contributed by atoms with Gasteiger partial charge in [0.05, 0.1) is 6.54 Å². The van der Waals surface area contributed by atoms with E-state index in [0.29, 0.717) is 12.2 Å². The molecule has 0 aliphatic heterocycles. The number of aryl methyl sites for hydroxylation is 3. The summed E-state index contributed by atoms with van der Waals surface area (Å²) in [6.45, 7) is 5.85. The Bertz CT molecular complexity index is 1120. The number of amides is 1. The van der Waals surface area contributed by atoms with E-state index in [1.54, 1.807) is 0 Å². The van der Waals surface area contributed by atoms with Crippen LogP contribution in [-0.4, -0.2) is 15.0 Å². The molecule has 2 aromatic carbocycles. The van der Waals surface area contributed by atoms with Gasteiger partial charge in [-0.15, -0.1) is 0 Å². The van der Waals surface area contributed by atoms with Crippen molar-refractivity contribution in [2.24, 2.45) is 0 Å². The minimum atomic E-state index is -0.510. The highest BCUT2D eigenvalue weighted by molar-refractivity contribution is 5.91. The highest BCUT2D eigenvalue weighted by Crippen LogP contribution is 2.15. The summed E-state index contributed by atoms with van der Waals surface area (Å²) in [5.41, 5.74) is 3.74. The van der Waals surface area contributed by atoms with E-state index >= 15 is 0 Å². The molecule has 0 spiro atoms. The lowest BCUT2D eigenvalue weighted by molar-refractivity contribution is -0.116. The molecule has 28 heavy (non-hydrogen) atoms. The third-order valence-corrected chi connectivity index (χ3v) is 4.57. The maximum Gasteiger partial charge on any atom is 0.331 e. The normalized spacial score (nSPS) is 10.7. The third kappa shape index (κ3) is 4.46. The molecule has 1 N–H and O–H groups in total. The molecule has 0 aliphatic carbocycles. The number of carbonyl (C=O) groups excluding carboxylic acids is 1. The summed E-state index contributed by atoms with van der Waals surface area (Å²) >= 11 is 0. The number of nitrogens with zero attached hydrogens (tertiary/aromatic N) is 2. The van der Waals surface area contributed by atoms with Crippen LogP contribution in [0.25, 0.3) is 0 Å². The Morgan fingerprint density at radius 1 is 0.929 bits per heavy atom. The molecular weight excluding hydrogens is 354 g/mol. The first-order valence-corrected chi connectivity index (χ1v) is 9.06. The Kier molecular flexibility index (Phi) is 5.59. The average molecular weight is 377 g/mol. The van der Waals surface area contributed by atoms with Crippen LogP contribution in [0.1, 0.15) is 22.3 Å². The fraction of sp³-hybridized carbons (Fsp3) is 0.227. The van der Waals surface area contributed by atoms with Gasteiger partial charge in [0, 0.05) is 18.0 Å². The van der Waals surface area contributed by atoms with Gasteiger partial charge in [-0.1, -0.05) is 47.5 Å². The van der Waals surface area contributed by atoms with Crippen LogP contribution in [0.3, 0.4) is 0 Å². The molecule has 144 valence electrons. The van der Waals surface area contributed by atoms with Crippen molar-refractivity contribution in [2.75, 3.05) is 5.32 Å². The van der Waals surface area contributed by atoms with Crippen LogP contribution in [0.4, 0.5) is 5.69 Å². The standard InChI is InChI=1S/C22H23N3O3/c1-15-4-7-18(8-5-15)13-24-11-10-21(27)25(22(24)28)14-20(26)23-19-9-6-16(2)12-17(19)3/h4-12H,13-14H2,1-3H3,(H,23,26). The highest BCUT2D eigenvalue weighted by Gasteiger charge is 2.11. The number of aromatic nitrogens is 2. The van der Waals surface area contributed by atoms with Crippen molar-refractivity contribution < 1.29 is 4.79 Å². The van der Waals surface area contributed by atoms with Gasteiger partial charge < -0.3 is 5.32 Å². The second kappa shape index (κ2) is 8.08. The van der Waals surface area contributed by atoms with E-state index in [1.807, 2.05) is 63.2 Å². The zero-order chi connectivity index (χ0) is 20.3. The molecule has 0 aliphatic rings. The van der Waals surface area contributed by atoms with Crippen molar-refractivity contribution in [3.05, 3.63) is 97.8 Å². The second-order valence-electron chi connectivity index (χ2n) is 7.00. The van der Waals surface area contributed by atoms with Crippen molar-refractivity contribution >= 4 is 11.6 Å². The van der Waals surface area contributed by atoms with Crippen LogP contribution < -0.4 is 16.6 Å². The summed E-state index contributed by atoms with van der Waals surface area (Å²) in [6.07, 6.45) is 1.46. The number of benzene rings is 2. The molecule has 0 atom stereocenters. The summed E-state index contributed by atoms with van der Waals surface area (Å²) in [4.78, 5) is 37.3. The third-order valence-electron chi connectivity index (χ3n) is 4.57. The molecule has 1 amide bonds. The fourth-order valence-electron chi connectivity index (χ4n) is 3.00. The summed E-state index contributed by atoms with van der Waals surface area (Å²) < 4.78 is 2.38. The largest absolute Gasteiger partial charge is 0.331 e. The van der Waals surface area contributed by atoms with E-state index in [1.165, 1.54) is 16.8 Å². The zero-order valence-corrected chi connectivity index (χ0v) is 16.2. The lowest BCUT2D eigenvalue weighted by Gasteiger charge is -2.12. The first kappa shape index (κ1) is 19.4. The molecule has 1 aromatic heterocycles. The molecule has 6 heteroatoms. The van der Waals surface area contributed by atoms with Crippen LogP contribution in [0.15, 0.2) is 64.3 Å². The van der Waals surface area contributed by atoms with Crippen molar-refractivity contribution in [1.29, 1.82) is 0 Å². The number of carbonyl (C=O) groups is 1. The molecule has 0 fully saturated rings. The van der Waals surface area contributed by atoms with Gasteiger partial charge in [-0.05, 0) is 38.0 Å². The predicted molar refractivity (Wildman–Crippen MR) is 110 cm³/mol. The monoisotopic (exact) mass is 377 g/mol. The van der Waals surface area contributed by atoms with Crippen LogP contribution >= 0.6 is 0 Å². The molecule has 1 heterocycles. The number of anilines is 1. The molecule has 0 saturated carbocycles. The first-order chi connectivity index (χ1) is 13.3. The van der Waals surface area contributed by atoms with Gasteiger partial charge in [-0.25, -0.2) is 4.79 Å². The van der Waals surface area contributed by atoms with Crippen molar-refractivity contribution in [2.45, 2.75) is 33.9 Å². The molecular formula is C22H23N3O3. The van der Waals surface area contributed by atoms with E-state index in [4.69, 9.17) is 0 Å². The highest BCUT2D eigenvalue weighted by atomic mass is 16.2. The topological polar surface area (TPSA) is 73.1 Å². The minimum absolute atomic E-state index is 0.331. The van der Waals surface area contributed by atoms with Gasteiger partial charge >= 0.3 is 5.69 Å². The maximum absolute atomic E-state index is 12.7. The van der Waals surface area contributed by atoms with Gasteiger partial charge in [-0.3, -0.25) is 18.7 Å². The summed E-state index contributed by atoms with van der Waals surface area (Å²) in [5.74, 6) is -0.417. The summed E-state index contributed by atoms with van der Waals surface area (Å²) in [6, 6.07) is 14.8. The average Bonchev–Trinajstić information content (AvgIpc) is 2.65. The van der Waals surface area contributed by atoms with Crippen LogP contribution in [-0.2, 0) is 17.9 Å². The molecule has 0 unspecified atom stereocenters. The maximum atomic E-state index is 12.7. The molecule has 3 rings (SSSR count). The Balaban J connectivity index is 1.81. The predicted octanol–water partition coefficient (Wildman–Crippen LogP) is 2.62. The van der Waals surface area contributed by atoms with Crippen molar-refractivity contribution in [3.8, 4) is 0 Å². The quantitative estimate of drug-likeness (QED) is 0.743. The van der Waals surface area contributed by atoms with Gasteiger partial charge in [0.1, 0.15) is 6.54 Å². The van der Waals surface area contributed by atoms with Crippen LogP contribution in [0.2, 0.25) is 0 Å². The van der Waals surface area contributed by atoms with E-state index < -0.39 is 17.2 Å². The van der Waals surface area contributed by atoms with Crippen LogP contribution in [0.5, 0.6) is 0 Å². The number of rotatable bonds is 5. The lowest BCUT2D eigenvalue weighted by atomic mass is 10.1. The first-order valence-electron chi connectivity index (χ1n) is 9.06. The Labute approximate surface area is 163 Å². The second-order valence-corrected chi connectivity index (χ2v) is 7.00. The smallest absolute Gasteiger partial charge is 0.324 e. The zero-order valence-electron chi connectivity index (χ0n) is 16.2. The molecule has 0 bridgehead atoms. The number of hydrogen-bond donors (Lipinski definition) is 1. The Morgan fingerprint density at radius 3 is 2.29 bits per heavy atom. The minimum Gasteiger partial charge on any atom is -0.324 e. The van der Waals surface area contributed by atoms with Crippen molar-refractivity contribution in [3.63, 3.8) is 0 Å². The Morgan fingerprint density at radius 2 is 1.61 bits per heavy atom. The van der Waals surface area contributed by atoms with E-state index in [0.717, 1.165) is 26.8 Å². The van der Waals surface area contributed by atoms with Crippen molar-refractivity contribution in [1.82, 2.24) is 9.13 Å².